The van der Waals surface area contributed by atoms with Crippen LogP contribution < -0.4 is 5.56 Å². The Morgan fingerprint density at radius 1 is 1.14 bits per heavy atom. The van der Waals surface area contributed by atoms with E-state index >= 15 is 0 Å². The SMILES string of the molecule is Cc1cc(C)n(-c2ccc(=O)n(CC3CN(Cc4noc5c4CCCC5)C3)n2)n1. The number of nitrogens with zero attached hydrogens (tertiary/aromatic N) is 6. The quantitative estimate of drug-likeness (QED) is 0.659. The Balaban J connectivity index is 1.23. The molecule has 1 saturated heterocycles. The van der Waals surface area contributed by atoms with Crippen LogP contribution in [0.15, 0.2) is 27.5 Å². The molecule has 0 spiro atoms. The number of rotatable bonds is 5. The highest BCUT2D eigenvalue weighted by atomic mass is 16.5. The number of aryl methyl sites for hydroxylation is 3. The monoisotopic (exact) mass is 394 g/mol. The summed E-state index contributed by atoms with van der Waals surface area (Å²) in [4.78, 5) is 14.7. The van der Waals surface area contributed by atoms with Crippen LogP contribution in [0, 0.1) is 19.8 Å². The lowest BCUT2D eigenvalue weighted by molar-refractivity contribution is 0.0741. The van der Waals surface area contributed by atoms with Crippen LogP contribution in [0.1, 0.15) is 41.2 Å². The van der Waals surface area contributed by atoms with Crippen LogP contribution in [0.4, 0.5) is 0 Å². The van der Waals surface area contributed by atoms with Gasteiger partial charge in [0.15, 0.2) is 5.82 Å². The lowest BCUT2D eigenvalue weighted by Crippen LogP contribution is -2.49. The van der Waals surface area contributed by atoms with E-state index in [1.807, 2.05) is 19.9 Å². The summed E-state index contributed by atoms with van der Waals surface area (Å²) in [5.74, 6) is 2.18. The van der Waals surface area contributed by atoms with Crippen molar-refractivity contribution in [2.45, 2.75) is 52.6 Å². The first-order chi connectivity index (χ1) is 14.1. The van der Waals surface area contributed by atoms with Crippen LogP contribution >= 0.6 is 0 Å². The molecule has 0 saturated carbocycles. The zero-order chi connectivity index (χ0) is 20.0. The number of fused-ring (bicyclic) bond motifs is 1. The second-order valence-corrected chi connectivity index (χ2v) is 8.35. The summed E-state index contributed by atoms with van der Waals surface area (Å²) in [5, 5.41) is 13.3. The average Bonchev–Trinajstić information content (AvgIpc) is 3.24. The fraction of sp³-hybridized carbons (Fsp3) is 0.524. The predicted octanol–water partition coefficient (Wildman–Crippen LogP) is 2.04. The van der Waals surface area contributed by atoms with Gasteiger partial charge < -0.3 is 4.52 Å². The molecule has 2 aliphatic rings. The summed E-state index contributed by atoms with van der Waals surface area (Å²) in [5.41, 5.74) is 4.30. The van der Waals surface area contributed by atoms with Crippen LogP contribution in [0.3, 0.4) is 0 Å². The fourth-order valence-corrected chi connectivity index (χ4v) is 4.49. The van der Waals surface area contributed by atoms with Gasteiger partial charge in [0.05, 0.1) is 12.2 Å². The Kier molecular flexibility index (Phi) is 4.58. The minimum atomic E-state index is -0.0701. The topological polar surface area (TPSA) is 82.0 Å². The van der Waals surface area contributed by atoms with Gasteiger partial charge in [-0.3, -0.25) is 9.69 Å². The van der Waals surface area contributed by atoms with E-state index in [-0.39, 0.29) is 5.56 Å². The minimum absolute atomic E-state index is 0.0701. The van der Waals surface area contributed by atoms with Gasteiger partial charge in [-0.1, -0.05) is 5.16 Å². The van der Waals surface area contributed by atoms with E-state index in [2.05, 4.69) is 20.3 Å². The van der Waals surface area contributed by atoms with E-state index < -0.39 is 0 Å². The van der Waals surface area contributed by atoms with Crippen molar-refractivity contribution >= 4 is 0 Å². The Labute approximate surface area is 169 Å². The van der Waals surface area contributed by atoms with Gasteiger partial charge >= 0.3 is 0 Å². The molecule has 8 nitrogen and oxygen atoms in total. The average molecular weight is 394 g/mol. The molecule has 4 heterocycles. The van der Waals surface area contributed by atoms with Crippen molar-refractivity contribution in [3.8, 4) is 5.82 Å². The molecule has 3 aromatic heterocycles. The highest BCUT2D eigenvalue weighted by Gasteiger charge is 2.30. The number of likely N-dealkylation sites (tertiary alicyclic amines) is 1. The van der Waals surface area contributed by atoms with Crippen LogP contribution in [-0.2, 0) is 25.9 Å². The van der Waals surface area contributed by atoms with E-state index in [0.717, 1.165) is 55.3 Å². The first kappa shape index (κ1) is 18.3. The van der Waals surface area contributed by atoms with Crippen molar-refractivity contribution < 1.29 is 4.52 Å². The first-order valence-electron chi connectivity index (χ1n) is 10.4. The molecule has 0 N–H and O–H groups in total. The van der Waals surface area contributed by atoms with E-state index in [0.29, 0.717) is 18.3 Å². The maximum absolute atomic E-state index is 12.3. The van der Waals surface area contributed by atoms with Crippen molar-refractivity contribution in [1.82, 2.24) is 29.6 Å². The molecule has 5 rings (SSSR count). The second-order valence-electron chi connectivity index (χ2n) is 8.35. The number of hydrogen-bond donors (Lipinski definition) is 0. The summed E-state index contributed by atoms with van der Waals surface area (Å²) in [7, 11) is 0. The molecule has 1 aliphatic carbocycles. The molecule has 3 aromatic rings. The molecular weight excluding hydrogens is 368 g/mol. The Bertz CT molecular complexity index is 1090. The fourth-order valence-electron chi connectivity index (χ4n) is 4.49. The maximum Gasteiger partial charge on any atom is 0.266 e. The van der Waals surface area contributed by atoms with E-state index in [4.69, 9.17) is 4.52 Å². The molecule has 1 fully saturated rings. The van der Waals surface area contributed by atoms with Gasteiger partial charge in [-0.15, -0.1) is 5.10 Å². The van der Waals surface area contributed by atoms with Crippen molar-refractivity contribution in [3.63, 3.8) is 0 Å². The summed E-state index contributed by atoms with van der Waals surface area (Å²) < 4.78 is 8.88. The molecular formula is C21H26N6O2. The molecule has 0 aromatic carbocycles. The molecule has 0 radical (unpaired) electrons. The molecule has 29 heavy (non-hydrogen) atoms. The zero-order valence-electron chi connectivity index (χ0n) is 17.0. The van der Waals surface area contributed by atoms with Crippen LogP contribution in [-0.4, -0.2) is 42.7 Å². The van der Waals surface area contributed by atoms with Gasteiger partial charge in [-0.05, 0) is 45.2 Å². The third-order valence-electron chi connectivity index (χ3n) is 5.95. The van der Waals surface area contributed by atoms with E-state index in [1.165, 1.54) is 18.4 Å². The smallest absolute Gasteiger partial charge is 0.266 e. The molecule has 1 aliphatic heterocycles. The van der Waals surface area contributed by atoms with Gasteiger partial charge in [0.25, 0.3) is 5.56 Å². The van der Waals surface area contributed by atoms with Crippen molar-refractivity contribution in [3.05, 3.63) is 57.0 Å². The summed E-state index contributed by atoms with van der Waals surface area (Å²) in [6, 6.07) is 5.32. The van der Waals surface area contributed by atoms with Crippen LogP contribution in [0.5, 0.6) is 0 Å². The third kappa shape index (κ3) is 3.53. The van der Waals surface area contributed by atoms with Crippen LogP contribution in [0.2, 0.25) is 0 Å². The highest BCUT2D eigenvalue weighted by Crippen LogP contribution is 2.27. The zero-order valence-corrected chi connectivity index (χ0v) is 17.0. The lowest BCUT2D eigenvalue weighted by atomic mass is 9.95. The highest BCUT2D eigenvalue weighted by molar-refractivity contribution is 5.26. The summed E-state index contributed by atoms with van der Waals surface area (Å²) in [6.07, 6.45) is 4.53. The van der Waals surface area contributed by atoms with Gasteiger partial charge in [-0.25, -0.2) is 9.36 Å². The van der Waals surface area contributed by atoms with Crippen molar-refractivity contribution in [2.24, 2.45) is 5.92 Å². The maximum atomic E-state index is 12.3. The third-order valence-corrected chi connectivity index (χ3v) is 5.95. The van der Waals surface area contributed by atoms with Gasteiger partial charge in [-0.2, -0.15) is 5.10 Å². The molecule has 0 amide bonds. The molecule has 8 heteroatoms. The van der Waals surface area contributed by atoms with Crippen molar-refractivity contribution in [2.75, 3.05) is 13.1 Å². The molecule has 0 atom stereocenters. The van der Waals surface area contributed by atoms with Gasteiger partial charge in [0.2, 0.25) is 0 Å². The second kappa shape index (κ2) is 7.26. The normalized spacial score (nSPS) is 17.3. The lowest BCUT2D eigenvalue weighted by Gasteiger charge is -2.38. The molecule has 152 valence electrons. The Hall–Kier alpha value is -2.74. The largest absolute Gasteiger partial charge is 0.361 e. The van der Waals surface area contributed by atoms with Crippen molar-refractivity contribution in [1.29, 1.82) is 0 Å². The number of hydrogen-bond acceptors (Lipinski definition) is 6. The molecule has 0 bridgehead atoms. The predicted molar refractivity (Wildman–Crippen MR) is 107 cm³/mol. The molecule has 0 unspecified atom stereocenters. The standard InChI is InChI=1S/C21H26N6O2/c1-14-9-15(2)27(22-14)20-7-8-21(28)26(23-20)12-16-10-25(11-16)13-18-17-5-3-4-6-19(17)29-24-18/h7-9,16H,3-6,10-13H2,1-2H3. The van der Waals surface area contributed by atoms with E-state index in [1.54, 1.807) is 21.5 Å². The first-order valence-corrected chi connectivity index (χ1v) is 10.4. The Morgan fingerprint density at radius 3 is 2.76 bits per heavy atom. The Morgan fingerprint density at radius 2 is 1.97 bits per heavy atom. The van der Waals surface area contributed by atoms with Gasteiger partial charge in [0, 0.05) is 49.3 Å². The van der Waals surface area contributed by atoms with Gasteiger partial charge in [0.1, 0.15) is 11.5 Å². The summed E-state index contributed by atoms with van der Waals surface area (Å²) >= 11 is 0. The minimum Gasteiger partial charge on any atom is -0.361 e. The summed E-state index contributed by atoms with van der Waals surface area (Å²) in [6.45, 7) is 7.29. The number of aromatic nitrogens is 5. The van der Waals surface area contributed by atoms with E-state index in [9.17, 15) is 4.79 Å². The van der Waals surface area contributed by atoms with Crippen LogP contribution in [0.25, 0.3) is 5.82 Å².